The third kappa shape index (κ3) is 22.5. The summed E-state index contributed by atoms with van der Waals surface area (Å²) in [6, 6.07) is 0. The van der Waals surface area contributed by atoms with Gasteiger partial charge >= 0.3 is 0 Å². The largest absolute Gasteiger partial charge is 0.726 e. The summed E-state index contributed by atoms with van der Waals surface area (Å²) in [6.45, 7) is 11.7. The first kappa shape index (κ1) is 32.0. The van der Waals surface area contributed by atoms with Crippen LogP contribution in [0.3, 0.4) is 0 Å². The van der Waals surface area contributed by atoms with Crippen LogP contribution in [0.1, 0.15) is 111 Å². The van der Waals surface area contributed by atoms with Crippen molar-refractivity contribution in [1.29, 1.82) is 0 Å². The number of nitrogens with zero attached hydrogens (tertiary/aromatic N) is 1. The smallest absolute Gasteiger partial charge is 0.217 e. The second-order valence-corrected chi connectivity index (χ2v) is 9.47. The molecule has 0 aromatic carbocycles. The van der Waals surface area contributed by atoms with E-state index in [9.17, 15) is 18.1 Å². The lowest BCUT2D eigenvalue weighted by Crippen LogP contribution is -2.50. The first-order valence-corrected chi connectivity index (χ1v) is 13.6. The van der Waals surface area contributed by atoms with E-state index in [4.69, 9.17) is 0 Å². The molecule has 0 unspecified atom stereocenters. The highest BCUT2D eigenvalue weighted by molar-refractivity contribution is 7.80. The average Bonchev–Trinajstić information content (AvgIpc) is 2.73. The number of unbranched alkanes of at least 4 members (excludes halogenated alkanes) is 13. The van der Waals surface area contributed by atoms with Crippen molar-refractivity contribution in [2.24, 2.45) is 0 Å². The molecule has 0 aliphatic rings. The zero-order valence-electron chi connectivity index (χ0n) is 20.4. The number of aliphatic hydroxyl groups is 1. The zero-order valence-corrected chi connectivity index (χ0v) is 21.2. The van der Waals surface area contributed by atoms with Gasteiger partial charge in [0.25, 0.3) is 0 Å². The molecular weight excluding hydrogens is 402 g/mol. The van der Waals surface area contributed by atoms with Gasteiger partial charge in [0, 0.05) is 0 Å². The molecule has 7 heteroatoms. The summed E-state index contributed by atoms with van der Waals surface area (Å²) in [5.41, 5.74) is 0. The third-order valence-electron chi connectivity index (χ3n) is 6.11. The summed E-state index contributed by atoms with van der Waals surface area (Å²) in [5, 5.41) is 9.26. The summed E-state index contributed by atoms with van der Waals surface area (Å²) >= 11 is 0. The minimum absolute atomic E-state index is 0.334. The molecular formula is C23H51NO5S. The molecule has 0 spiro atoms. The average molecular weight is 454 g/mol. The maximum Gasteiger partial charge on any atom is 0.217 e. The van der Waals surface area contributed by atoms with Gasteiger partial charge in [0.05, 0.1) is 33.4 Å². The lowest BCUT2D eigenvalue weighted by molar-refractivity contribution is -0.925. The molecule has 0 saturated heterocycles. The van der Waals surface area contributed by atoms with Crippen LogP contribution >= 0.6 is 0 Å². The van der Waals surface area contributed by atoms with Gasteiger partial charge in [-0.2, -0.15) is 0 Å². The highest BCUT2D eigenvalue weighted by atomic mass is 32.3. The molecule has 0 amide bonds. The standard InChI is InChI=1S/C22H48NO.CH4O4S/c1-4-7-8-9-10-11-12-13-14-15-16-17-18-19-20-23(5-2,6-3)21-22-24;1-5-6(2,3)4/h24H,4-22H2,1-3H3;1H3,(H,2,3,4)/q+1;/p-1. The lowest BCUT2D eigenvalue weighted by atomic mass is 10.0. The zero-order chi connectivity index (χ0) is 23.1. The predicted octanol–water partition coefficient (Wildman–Crippen LogP) is 5.41. The Hall–Kier alpha value is -0.210. The van der Waals surface area contributed by atoms with Crippen molar-refractivity contribution in [3.8, 4) is 0 Å². The minimum atomic E-state index is -4.41. The Labute approximate surface area is 187 Å². The first-order valence-electron chi connectivity index (χ1n) is 12.3. The Morgan fingerprint density at radius 1 is 0.700 bits per heavy atom. The number of quaternary nitrogens is 1. The molecule has 0 rings (SSSR count). The van der Waals surface area contributed by atoms with Crippen LogP contribution in [-0.4, -0.2) is 62.5 Å². The molecule has 0 fully saturated rings. The summed E-state index contributed by atoms with van der Waals surface area (Å²) < 4.78 is 32.1. The second-order valence-electron chi connectivity index (χ2n) is 8.32. The van der Waals surface area contributed by atoms with E-state index in [0.29, 0.717) is 6.61 Å². The summed E-state index contributed by atoms with van der Waals surface area (Å²) in [7, 11) is -3.60. The van der Waals surface area contributed by atoms with Gasteiger partial charge in [-0.3, -0.25) is 4.18 Å². The number of aliphatic hydroxyl groups excluding tert-OH is 1. The molecule has 6 nitrogen and oxygen atoms in total. The lowest BCUT2D eigenvalue weighted by Gasteiger charge is -2.36. The van der Waals surface area contributed by atoms with Crippen LogP contribution in [-0.2, 0) is 14.6 Å². The van der Waals surface area contributed by atoms with Crippen molar-refractivity contribution in [3.63, 3.8) is 0 Å². The molecule has 0 heterocycles. The Morgan fingerprint density at radius 2 is 1.03 bits per heavy atom. The maximum atomic E-state index is 9.26. The molecule has 0 saturated carbocycles. The van der Waals surface area contributed by atoms with Crippen LogP contribution in [0.15, 0.2) is 0 Å². The van der Waals surface area contributed by atoms with Crippen LogP contribution < -0.4 is 0 Å². The molecule has 0 bridgehead atoms. The van der Waals surface area contributed by atoms with Crippen molar-refractivity contribution in [2.75, 3.05) is 39.9 Å². The summed E-state index contributed by atoms with van der Waals surface area (Å²) in [6.07, 6.45) is 20.0. The van der Waals surface area contributed by atoms with Gasteiger partial charge in [0.1, 0.15) is 6.54 Å². The van der Waals surface area contributed by atoms with Gasteiger partial charge in [-0.25, -0.2) is 8.42 Å². The molecule has 184 valence electrons. The van der Waals surface area contributed by atoms with E-state index in [1.54, 1.807) is 0 Å². The third-order valence-corrected chi connectivity index (χ3v) is 6.51. The van der Waals surface area contributed by atoms with E-state index in [2.05, 4.69) is 25.0 Å². The number of hydrogen-bond donors (Lipinski definition) is 1. The number of hydrogen-bond acceptors (Lipinski definition) is 5. The van der Waals surface area contributed by atoms with Crippen LogP contribution in [0.2, 0.25) is 0 Å². The van der Waals surface area contributed by atoms with Crippen molar-refractivity contribution in [3.05, 3.63) is 0 Å². The molecule has 30 heavy (non-hydrogen) atoms. The Balaban J connectivity index is 0. The maximum absolute atomic E-state index is 9.26. The van der Waals surface area contributed by atoms with Crippen LogP contribution in [0.25, 0.3) is 0 Å². The second kappa shape index (κ2) is 22.0. The normalized spacial score (nSPS) is 11.9. The topological polar surface area (TPSA) is 86.7 Å². The van der Waals surface area contributed by atoms with Crippen LogP contribution in [0.4, 0.5) is 0 Å². The minimum Gasteiger partial charge on any atom is -0.726 e. The molecule has 0 aromatic heterocycles. The van der Waals surface area contributed by atoms with Crippen molar-refractivity contribution < 1.29 is 26.7 Å². The van der Waals surface area contributed by atoms with E-state index >= 15 is 0 Å². The van der Waals surface area contributed by atoms with E-state index in [1.807, 2.05) is 0 Å². The molecule has 0 aliphatic heterocycles. The first-order chi connectivity index (χ1) is 14.3. The van der Waals surface area contributed by atoms with Crippen LogP contribution in [0, 0.1) is 0 Å². The van der Waals surface area contributed by atoms with Gasteiger partial charge in [0.2, 0.25) is 10.4 Å². The van der Waals surface area contributed by atoms with Gasteiger partial charge < -0.3 is 14.1 Å². The molecule has 0 atom stereocenters. The molecule has 0 aromatic rings. The van der Waals surface area contributed by atoms with E-state index in [1.165, 1.54) is 96.4 Å². The highest BCUT2D eigenvalue weighted by Gasteiger charge is 2.21. The Morgan fingerprint density at radius 3 is 1.30 bits per heavy atom. The molecule has 1 N–H and O–H groups in total. The van der Waals surface area contributed by atoms with E-state index < -0.39 is 10.4 Å². The monoisotopic (exact) mass is 453 g/mol. The molecule has 0 radical (unpaired) electrons. The molecule has 0 aliphatic carbocycles. The van der Waals surface area contributed by atoms with Gasteiger partial charge in [0.15, 0.2) is 0 Å². The predicted molar refractivity (Wildman–Crippen MR) is 125 cm³/mol. The van der Waals surface area contributed by atoms with Crippen LogP contribution in [0.5, 0.6) is 0 Å². The van der Waals surface area contributed by atoms with Crippen molar-refractivity contribution in [2.45, 2.75) is 111 Å². The van der Waals surface area contributed by atoms with Gasteiger partial charge in [-0.15, -0.1) is 0 Å². The summed E-state index contributed by atoms with van der Waals surface area (Å²) in [5.74, 6) is 0. The van der Waals surface area contributed by atoms with E-state index in [0.717, 1.165) is 31.2 Å². The fraction of sp³-hybridized carbons (Fsp3) is 1.00. The Kier molecular flexibility index (Phi) is 23.4. The van der Waals surface area contributed by atoms with Crippen molar-refractivity contribution in [1.82, 2.24) is 0 Å². The van der Waals surface area contributed by atoms with Gasteiger partial charge in [-0.1, -0.05) is 84.0 Å². The fourth-order valence-corrected chi connectivity index (χ4v) is 3.82. The number of rotatable bonds is 20. The fourth-order valence-electron chi connectivity index (χ4n) is 3.82. The SMILES string of the molecule is CCCCCCCCCCCCCCCC[N+](CC)(CC)CCO.COS(=O)(=O)[O-]. The quantitative estimate of drug-likeness (QED) is 0.115. The summed E-state index contributed by atoms with van der Waals surface area (Å²) in [4.78, 5) is 0. The highest BCUT2D eigenvalue weighted by Crippen LogP contribution is 2.14. The Bertz CT molecular complexity index is 439. The number of likely N-dealkylation sites (N-methyl/N-ethyl adjacent to an activating group) is 1. The van der Waals surface area contributed by atoms with Gasteiger partial charge in [-0.05, 0) is 26.7 Å². The van der Waals surface area contributed by atoms with Crippen molar-refractivity contribution >= 4 is 10.4 Å². The van der Waals surface area contributed by atoms with E-state index in [-0.39, 0.29) is 0 Å².